The first-order chi connectivity index (χ1) is 11.4. The molecule has 2 rings (SSSR count). The van der Waals surface area contributed by atoms with E-state index in [-0.39, 0.29) is 18.1 Å². The third kappa shape index (κ3) is 5.41. The quantitative estimate of drug-likeness (QED) is 0.823. The molecule has 0 unspecified atom stereocenters. The molecule has 0 saturated carbocycles. The number of hydrogen-bond donors (Lipinski definition) is 1. The maximum absolute atomic E-state index is 12.3. The number of carbonyl (C=O) groups is 1. The van der Waals surface area contributed by atoms with Crippen molar-refractivity contribution in [2.24, 2.45) is 0 Å². The molecule has 3 nitrogen and oxygen atoms in total. The van der Waals surface area contributed by atoms with Crippen LogP contribution in [0.4, 0.5) is 0 Å². The molecule has 0 atom stereocenters. The van der Waals surface area contributed by atoms with Crippen molar-refractivity contribution in [1.82, 2.24) is 5.32 Å². The fraction of sp³-hybridized carbons (Fsp3) is 0.381. The van der Waals surface area contributed by atoms with E-state index < -0.39 is 0 Å². The van der Waals surface area contributed by atoms with E-state index in [9.17, 15) is 4.79 Å². The molecule has 0 radical (unpaired) electrons. The molecule has 0 saturated heterocycles. The van der Waals surface area contributed by atoms with Crippen molar-refractivity contribution >= 4 is 5.91 Å². The minimum atomic E-state index is -0.320. The van der Waals surface area contributed by atoms with E-state index >= 15 is 0 Å². The van der Waals surface area contributed by atoms with E-state index in [0.29, 0.717) is 5.92 Å². The van der Waals surface area contributed by atoms with Gasteiger partial charge in [0.05, 0.1) is 0 Å². The standard InChI is InChI=1S/C21H27NO2/c1-16(2)18-12-8-9-13-19(18)24-15-20(23)22-21(3,4)14-17-10-6-5-7-11-17/h5-13,16H,14-15H2,1-4H3,(H,22,23). The first-order valence-corrected chi connectivity index (χ1v) is 8.44. The Morgan fingerprint density at radius 2 is 1.67 bits per heavy atom. The van der Waals surface area contributed by atoms with Crippen LogP contribution in [0.3, 0.4) is 0 Å². The number of rotatable bonds is 7. The summed E-state index contributed by atoms with van der Waals surface area (Å²) < 4.78 is 5.74. The Balaban J connectivity index is 1.91. The second kappa shape index (κ2) is 8.00. The summed E-state index contributed by atoms with van der Waals surface area (Å²) in [5.74, 6) is 1.04. The zero-order chi connectivity index (χ0) is 17.6. The largest absolute Gasteiger partial charge is 0.483 e. The SMILES string of the molecule is CC(C)c1ccccc1OCC(=O)NC(C)(C)Cc1ccccc1. The van der Waals surface area contributed by atoms with Crippen LogP contribution in [0.25, 0.3) is 0 Å². The summed E-state index contributed by atoms with van der Waals surface area (Å²) in [6, 6.07) is 18.0. The minimum absolute atomic E-state index is 0.0297. The molecular weight excluding hydrogens is 298 g/mol. The highest BCUT2D eigenvalue weighted by Gasteiger charge is 2.21. The van der Waals surface area contributed by atoms with Crippen LogP contribution in [0, 0.1) is 0 Å². The van der Waals surface area contributed by atoms with Gasteiger partial charge in [-0.05, 0) is 43.4 Å². The van der Waals surface area contributed by atoms with E-state index in [4.69, 9.17) is 4.74 Å². The van der Waals surface area contributed by atoms with Crippen molar-refractivity contribution in [3.8, 4) is 5.75 Å². The summed E-state index contributed by atoms with van der Waals surface area (Å²) in [6.07, 6.45) is 0.780. The van der Waals surface area contributed by atoms with Gasteiger partial charge in [0.15, 0.2) is 6.61 Å². The van der Waals surface area contributed by atoms with Crippen LogP contribution in [0.2, 0.25) is 0 Å². The van der Waals surface area contributed by atoms with Crippen molar-refractivity contribution in [3.05, 3.63) is 65.7 Å². The van der Waals surface area contributed by atoms with Crippen LogP contribution in [-0.2, 0) is 11.2 Å². The van der Waals surface area contributed by atoms with Gasteiger partial charge in [0.1, 0.15) is 5.75 Å². The molecule has 3 heteroatoms. The maximum Gasteiger partial charge on any atom is 0.258 e. The van der Waals surface area contributed by atoms with E-state index in [1.807, 2.05) is 56.3 Å². The zero-order valence-electron chi connectivity index (χ0n) is 15.0. The third-order valence-corrected chi connectivity index (χ3v) is 3.87. The molecule has 0 aliphatic heterocycles. The normalized spacial score (nSPS) is 11.4. The van der Waals surface area contributed by atoms with Gasteiger partial charge in [0.2, 0.25) is 0 Å². The predicted molar refractivity (Wildman–Crippen MR) is 98.4 cm³/mol. The van der Waals surface area contributed by atoms with Gasteiger partial charge in [0, 0.05) is 5.54 Å². The minimum Gasteiger partial charge on any atom is -0.483 e. The Bertz CT molecular complexity index is 663. The molecule has 0 heterocycles. The van der Waals surface area contributed by atoms with Crippen molar-refractivity contribution < 1.29 is 9.53 Å². The molecule has 1 N–H and O–H groups in total. The molecule has 0 spiro atoms. The molecule has 0 bridgehead atoms. The number of ether oxygens (including phenoxy) is 1. The number of carbonyl (C=O) groups excluding carboxylic acids is 1. The van der Waals surface area contributed by atoms with Crippen LogP contribution in [0.5, 0.6) is 5.75 Å². The average molecular weight is 325 g/mol. The average Bonchev–Trinajstić information content (AvgIpc) is 2.53. The summed E-state index contributed by atoms with van der Waals surface area (Å²) in [5.41, 5.74) is 2.00. The Hall–Kier alpha value is -2.29. The Morgan fingerprint density at radius 3 is 2.33 bits per heavy atom. The summed E-state index contributed by atoms with van der Waals surface area (Å²) in [7, 11) is 0. The lowest BCUT2D eigenvalue weighted by Crippen LogP contribution is -2.47. The molecule has 24 heavy (non-hydrogen) atoms. The van der Waals surface area contributed by atoms with Crippen molar-refractivity contribution in [2.75, 3.05) is 6.61 Å². The molecule has 1 amide bonds. The lowest BCUT2D eigenvalue weighted by atomic mass is 9.95. The summed E-state index contributed by atoms with van der Waals surface area (Å²) in [5, 5.41) is 3.06. The Morgan fingerprint density at radius 1 is 1.04 bits per heavy atom. The van der Waals surface area contributed by atoms with E-state index in [1.165, 1.54) is 5.56 Å². The fourth-order valence-corrected chi connectivity index (χ4v) is 2.80. The monoisotopic (exact) mass is 325 g/mol. The predicted octanol–water partition coefficient (Wildman–Crippen LogP) is 4.33. The molecule has 2 aromatic rings. The topological polar surface area (TPSA) is 38.3 Å². The highest BCUT2D eigenvalue weighted by Crippen LogP contribution is 2.25. The summed E-state index contributed by atoms with van der Waals surface area (Å²) in [6.45, 7) is 8.32. The van der Waals surface area contributed by atoms with Crippen molar-refractivity contribution in [2.45, 2.75) is 45.6 Å². The number of para-hydroxylation sites is 1. The van der Waals surface area contributed by atoms with Gasteiger partial charge in [0.25, 0.3) is 5.91 Å². The van der Waals surface area contributed by atoms with Gasteiger partial charge >= 0.3 is 0 Å². The Kier molecular flexibility index (Phi) is 6.02. The molecule has 128 valence electrons. The lowest BCUT2D eigenvalue weighted by molar-refractivity contribution is -0.124. The Labute approximate surface area is 145 Å². The summed E-state index contributed by atoms with van der Waals surface area (Å²) >= 11 is 0. The van der Waals surface area contributed by atoms with Crippen LogP contribution in [0.1, 0.15) is 44.7 Å². The van der Waals surface area contributed by atoms with Crippen LogP contribution in [0.15, 0.2) is 54.6 Å². The van der Waals surface area contributed by atoms with Crippen LogP contribution >= 0.6 is 0 Å². The van der Waals surface area contributed by atoms with E-state index in [1.54, 1.807) is 0 Å². The number of hydrogen-bond acceptors (Lipinski definition) is 2. The highest BCUT2D eigenvalue weighted by molar-refractivity contribution is 5.78. The van der Waals surface area contributed by atoms with Crippen LogP contribution in [-0.4, -0.2) is 18.1 Å². The molecule has 0 aliphatic rings. The second-order valence-corrected chi connectivity index (χ2v) is 7.08. The maximum atomic E-state index is 12.3. The molecule has 2 aromatic carbocycles. The van der Waals surface area contributed by atoms with Crippen LogP contribution < -0.4 is 10.1 Å². The first-order valence-electron chi connectivity index (χ1n) is 8.44. The van der Waals surface area contributed by atoms with Gasteiger partial charge < -0.3 is 10.1 Å². The third-order valence-electron chi connectivity index (χ3n) is 3.87. The van der Waals surface area contributed by atoms with Gasteiger partial charge in [-0.2, -0.15) is 0 Å². The van der Waals surface area contributed by atoms with Gasteiger partial charge in [-0.25, -0.2) is 0 Å². The van der Waals surface area contributed by atoms with Crippen molar-refractivity contribution in [3.63, 3.8) is 0 Å². The fourth-order valence-electron chi connectivity index (χ4n) is 2.80. The van der Waals surface area contributed by atoms with E-state index in [0.717, 1.165) is 17.7 Å². The number of amides is 1. The molecule has 0 fully saturated rings. The number of benzene rings is 2. The first kappa shape index (κ1) is 18.1. The highest BCUT2D eigenvalue weighted by atomic mass is 16.5. The molecule has 0 aliphatic carbocycles. The zero-order valence-corrected chi connectivity index (χ0v) is 15.0. The van der Waals surface area contributed by atoms with E-state index in [2.05, 4.69) is 31.3 Å². The molecular formula is C21H27NO2. The summed E-state index contributed by atoms with van der Waals surface area (Å²) in [4.78, 5) is 12.3. The van der Waals surface area contributed by atoms with Crippen molar-refractivity contribution in [1.29, 1.82) is 0 Å². The number of nitrogens with one attached hydrogen (secondary N) is 1. The van der Waals surface area contributed by atoms with Gasteiger partial charge in [-0.15, -0.1) is 0 Å². The molecule has 0 aromatic heterocycles. The second-order valence-electron chi connectivity index (χ2n) is 7.08. The smallest absolute Gasteiger partial charge is 0.258 e. The van der Waals surface area contributed by atoms with Gasteiger partial charge in [-0.3, -0.25) is 4.79 Å². The lowest BCUT2D eigenvalue weighted by Gasteiger charge is -2.26. The van der Waals surface area contributed by atoms with Gasteiger partial charge in [-0.1, -0.05) is 62.4 Å².